The molecule has 6 nitrogen and oxygen atoms in total. The number of anilines is 1. The van der Waals surface area contributed by atoms with Crippen LogP contribution in [0.15, 0.2) is 22.8 Å². The summed E-state index contributed by atoms with van der Waals surface area (Å²) in [5.74, 6) is 0.286. The van der Waals surface area contributed by atoms with Gasteiger partial charge in [-0.1, -0.05) is 11.3 Å². The quantitative estimate of drug-likeness (QED) is 0.745. The lowest BCUT2D eigenvalue weighted by atomic mass is 10.3. The van der Waals surface area contributed by atoms with Crippen molar-refractivity contribution in [1.82, 2.24) is 10.2 Å². The zero-order valence-electron chi connectivity index (χ0n) is 8.62. The molecule has 86 valence electrons. The van der Waals surface area contributed by atoms with Crippen LogP contribution >= 0.6 is 11.3 Å². The molecular formula is C10H7N3O3S. The number of nitrogens with zero attached hydrogens (tertiary/aromatic N) is 3. The predicted octanol–water partition coefficient (Wildman–Crippen LogP) is 1.10. The van der Waals surface area contributed by atoms with E-state index in [1.165, 1.54) is 16.2 Å². The highest BCUT2D eigenvalue weighted by Crippen LogP contribution is 2.30. The summed E-state index contributed by atoms with van der Waals surface area (Å²) >= 11 is 1.23. The number of rotatable bonds is 2. The van der Waals surface area contributed by atoms with Crippen LogP contribution in [0.25, 0.3) is 10.8 Å². The zero-order chi connectivity index (χ0) is 11.8. The summed E-state index contributed by atoms with van der Waals surface area (Å²) in [6.07, 6.45) is 1.50. The van der Waals surface area contributed by atoms with Gasteiger partial charge in [-0.05, 0) is 12.1 Å². The van der Waals surface area contributed by atoms with Crippen molar-refractivity contribution >= 4 is 28.2 Å². The van der Waals surface area contributed by atoms with Gasteiger partial charge in [0.25, 0.3) is 0 Å². The van der Waals surface area contributed by atoms with E-state index >= 15 is 0 Å². The molecular weight excluding hydrogens is 242 g/mol. The molecule has 0 atom stereocenters. The Morgan fingerprint density at radius 1 is 1.35 bits per heavy atom. The fraction of sp³-hybridized carbons (Fsp3) is 0.200. The summed E-state index contributed by atoms with van der Waals surface area (Å²) in [5, 5.41) is 8.86. The Morgan fingerprint density at radius 2 is 2.24 bits per heavy atom. The first kappa shape index (κ1) is 10.2. The number of hydrogen-bond acceptors (Lipinski definition) is 6. The molecule has 2 aromatic rings. The highest BCUT2D eigenvalue weighted by atomic mass is 32.1. The first-order valence-electron chi connectivity index (χ1n) is 4.93. The molecule has 1 saturated heterocycles. The molecule has 1 aliphatic heterocycles. The lowest BCUT2D eigenvalue weighted by molar-refractivity contribution is -0.121. The lowest BCUT2D eigenvalue weighted by Gasteiger charge is -2.07. The van der Waals surface area contributed by atoms with Gasteiger partial charge < -0.3 is 4.42 Å². The molecule has 0 bridgehead atoms. The Kier molecular flexibility index (Phi) is 2.25. The Bertz CT molecular complexity index is 575. The zero-order valence-corrected chi connectivity index (χ0v) is 9.44. The summed E-state index contributed by atoms with van der Waals surface area (Å²) in [4.78, 5) is 24.0. The maximum Gasteiger partial charge on any atom is 0.236 e. The van der Waals surface area contributed by atoms with Gasteiger partial charge in [0.1, 0.15) is 0 Å². The molecule has 1 amide bonds. The van der Waals surface area contributed by atoms with Crippen molar-refractivity contribution < 1.29 is 14.0 Å². The number of amides is 1. The molecule has 3 heterocycles. The lowest BCUT2D eigenvalue weighted by Crippen LogP contribution is -2.24. The fourth-order valence-electron chi connectivity index (χ4n) is 1.58. The number of aromatic nitrogens is 2. The Morgan fingerprint density at radius 3 is 2.88 bits per heavy atom. The molecule has 0 aliphatic carbocycles. The largest absolute Gasteiger partial charge is 0.462 e. The van der Waals surface area contributed by atoms with Crippen molar-refractivity contribution in [2.45, 2.75) is 6.42 Å². The van der Waals surface area contributed by atoms with Crippen LogP contribution in [0.3, 0.4) is 0 Å². The number of carbonyl (C=O) groups is 2. The summed E-state index contributed by atoms with van der Waals surface area (Å²) in [6.45, 7) is 0.0889. The van der Waals surface area contributed by atoms with Crippen LogP contribution in [0.4, 0.5) is 5.13 Å². The molecule has 0 N–H and O–H groups in total. The van der Waals surface area contributed by atoms with Crippen LogP contribution < -0.4 is 4.90 Å². The van der Waals surface area contributed by atoms with Gasteiger partial charge in [0.05, 0.1) is 19.2 Å². The number of hydrogen-bond donors (Lipinski definition) is 0. The van der Waals surface area contributed by atoms with Gasteiger partial charge in [-0.25, -0.2) is 0 Å². The third kappa shape index (κ3) is 1.74. The average molecular weight is 249 g/mol. The van der Waals surface area contributed by atoms with Gasteiger partial charge >= 0.3 is 0 Å². The molecule has 17 heavy (non-hydrogen) atoms. The van der Waals surface area contributed by atoms with E-state index in [9.17, 15) is 9.59 Å². The second-order valence-corrected chi connectivity index (χ2v) is 4.52. The molecule has 2 aromatic heterocycles. The molecule has 0 saturated carbocycles. The van der Waals surface area contributed by atoms with E-state index in [0.29, 0.717) is 15.9 Å². The second-order valence-electron chi connectivity index (χ2n) is 3.56. The normalized spacial score (nSPS) is 15.9. The topological polar surface area (TPSA) is 76.3 Å². The minimum Gasteiger partial charge on any atom is -0.462 e. The Balaban J connectivity index is 1.91. The first-order valence-corrected chi connectivity index (χ1v) is 5.75. The molecule has 0 radical (unpaired) electrons. The summed E-state index contributed by atoms with van der Waals surface area (Å²) < 4.78 is 5.18. The monoisotopic (exact) mass is 249 g/mol. The third-order valence-corrected chi connectivity index (χ3v) is 3.32. The van der Waals surface area contributed by atoms with Gasteiger partial charge in [-0.15, -0.1) is 10.2 Å². The second kappa shape index (κ2) is 3.77. The standard InChI is InChI=1S/C10H7N3O3S/c14-6-4-8(15)13(5-6)10-12-11-9(17-10)7-2-1-3-16-7/h1-3H,4-5H2. The van der Waals surface area contributed by atoms with E-state index < -0.39 is 0 Å². The Labute approximate surface area is 99.9 Å². The van der Waals surface area contributed by atoms with Gasteiger partial charge in [0.2, 0.25) is 11.0 Å². The van der Waals surface area contributed by atoms with Crippen molar-refractivity contribution in [3.8, 4) is 10.8 Å². The maximum absolute atomic E-state index is 11.5. The highest BCUT2D eigenvalue weighted by Gasteiger charge is 2.31. The van der Waals surface area contributed by atoms with Crippen molar-refractivity contribution in [3.05, 3.63) is 18.4 Å². The Hall–Kier alpha value is -2.02. The number of carbonyl (C=O) groups excluding carboxylic acids is 2. The van der Waals surface area contributed by atoms with E-state index in [1.54, 1.807) is 18.4 Å². The number of ketones is 1. The summed E-state index contributed by atoms with van der Waals surface area (Å²) in [6, 6.07) is 3.52. The molecule has 1 fully saturated rings. The van der Waals surface area contributed by atoms with Crippen LogP contribution in [0, 0.1) is 0 Å². The molecule has 0 unspecified atom stereocenters. The number of furan rings is 1. The minimum absolute atomic E-state index is 0.0460. The molecule has 0 aromatic carbocycles. The molecule has 3 rings (SSSR count). The van der Waals surface area contributed by atoms with Crippen LogP contribution in [0.5, 0.6) is 0 Å². The van der Waals surface area contributed by atoms with E-state index in [4.69, 9.17) is 4.42 Å². The van der Waals surface area contributed by atoms with Gasteiger partial charge in [0, 0.05) is 0 Å². The SMILES string of the molecule is O=C1CC(=O)N(c2nnc(-c3ccco3)s2)C1. The van der Waals surface area contributed by atoms with Gasteiger partial charge in [-0.2, -0.15) is 0 Å². The smallest absolute Gasteiger partial charge is 0.236 e. The van der Waals surface area contributed by atoms with E-state index in [-0.39, 0.29) is 24.7 Å². The minimum atomic E-state index is -0.225. The molecule has 1 aliphatic rings. The van der Waals surface area contributed by atoms with E-state index in [2.05, 4.69) is 10.2 Å². The summed E-state index contributed by atoms with van der Waals surface area (Å²) in [5.41, 5.74) is 0. The fourth-order valence-corrected chi connectivity index (χ4v) is 2.41. The number of Topliss-reactive ketones (excluding diaryl/α,β-unsaturated/α-hetero) is 1. The van der Waals surface area contributed by atoms with Crippen molar-refractivity contribution in [3.63, 3.8) is 0 Å². The van der Waals surface area contributed by atoms with Crippen LogP contribution in [0.2, 0.25) is 0 Å². The van der Waals surface area contributed by atoms with Gasteiger partial charge in [0.15, 0.2) is 16.6 Å². The predicted molar refractivity (Wildman–Crippen MR) is 59.6 cm³/mol. The average Bonchev–Trinajstić information content (AvgIpc) is 2.97. The first-order chi connectivity index (χ1) is 8.24. The molecule has 7 heteroatoms. The highest BCUT2D eigenvalue weighted by molar-refractivity contribution is 7.18. The van der Waals surface area contributed by atoms with Gasteiger partial charge in [-0.3, -0.25) is 14.5 Å². The van der Waals surface area contributed by atoms with Crippen molar-refractivity contribution in [1.29, 1.82) is 0 Å². The van der Waals surface area contributed by atoms with Crippen LogP contribution in [-0.4, -0.2) is 28.4 Å². The van der Waals surface area contributed by atoms with Crippen LogP contribution in [0.1, 0.15) is 6.42 Å². The van der Waals surface area contributed by atoms with E-state index in [0.717, 1.165) is 0 Å². The third-order valence-electron chi connectivity index (χ3n) is 2.36. The molecule has 0 spiro atoms. The van der Waals surface area contributed by atoms with Crippen LogP contribution in [-0.2, 0) is 9.59 Å². The van der Waals surface area contributed by atoms with Crippen molar-refractivity contribution in [2.24, 2.45) is 0 Å². The maximum atomic E-state index is 11.5. The van der Waals surface area contributed by atoms with E-state index in [1.807, 2.05) is 0 Å². The summed E-state index contributed by atoms with van der Waals surface area (Å²) in [7, 11) is 0. The van der Waals surface area contributed by atoms with Crippen molar-refractivity contribution in [2.75, 3.05) is 11.4 Å².